The van der Waals surface area contributed by atoms with E-state index in [9.17, 15) is 9.59 Å². The van der Waals surface area contributed by atoms with Crippen molar-refractivity contribution >= 4 is 35.0 Å². The van der Waals surface area contributed by atoms with Crippen LogP contribution in [0.4, 0.5) is 11.4 Å². The maximum Gasteiger partial charge on any atom is 0.277 e. The second-order valence-electron chi connectivity index (χ2n) is 6.29. The molecule has 0 aliphatic rings. The predicted octanol–water partition coefficient (Wildman–Crippen LogP) is 4.04. The quantitative estimate of drug-likeness (QED) is 0.610. The number of nitrogens with one attached hydrogen (secondary N) is 2. The standard InChI is InChI=1S/C20H20N4O3S/c1-12-4-6-15(7-5-12)19-23-24-20(27-19)28-11-18(26)22-16-8-9-17(13(2)10-16)21-14(3)25/h4-10H,11H2,1-3H3,(H,21,25)(H,22,26). The fourth-order valence-corrected chi connectivity index (χ4v) is 3.04. The lowest BCUT2D eigenvalue weighted by Gasteiger charge is -2.09. The van der Waals surface area contributed by atoms with E-state index in [1.165, 1.54) is 18.7 Å². The van der Waals surface area contributed by atoms with E-state index in [0.717, 1.165) is 22.4 Å². The molecule has 2 amide bonds. The Morgan fingerprint density at radius 1 is 1.04 bits per heavy atom. The summed E-state index contributed by atoms with van der Waals surface area (Å²) in [5.74, 6) is 0.238. The predicted molar refractivity (Wildman–Crippen MR) is 109 cm³/mol. The van der Waals surface area contributed by atoms with Gasteiger partial charge in [0, 0.05) is 23.9 Å². The largest absolute Gasteiger partial charge is 0.411 e. The van der Waals surface area contributed by atoms with E-state index in [-0.39, 0.29) is 17.6 Å². The topological polar surface area (TPSA) is 97.1 Å². The number of thioether (sulfide) groups is 1. The van der Waals surface area contributed by atoms with E-state index in [4.69, 9.17) is 4.42 Å². The van der Waals surface area contributed by atoms with Crippen molar-refractivity contribution in [2.24, 2.45) is 0 Å². The Kier molecular flexibility index (Phi) is 6.10. The summed E-state index contributed by atoms with van der Waals surface area (Å²) in [7, 11) is 0. The van der Waals surface area contributed by atoms with Gasteiger partial charge in [-0.05, 0) is 49.7 Å². The third kappa shape index (κ3) is 5.20. The molecule has 2 N–H and O–H groups in total. The van der Waals surface area contributed by atoms with Crippen LogP contribution in [-0.2, 0) is 9.59 Å². The first kappa shape index (κ1) is 19.6. The maximum atomic E-state index is 12.2. The summed E-state index contributed by atoms with van der Waals surface area (Å²) < 4.78 is 5.60. The zero-order valence-electron chi connectivity index (χ0n) is 15.8. The molecule has 7 nitrogen and oxygen atoms in total. The highest BCUT2D eigenvalue weighted by atomic mass is 32.2. The number of benzene rings is 2. The monoisotopic (exact) mass is 396 g/mol. The van der Waals surface area contributed by atoms with Gasteiger partial charge in [-0.2, -0.15) is 0 Å². The zero-order valence-corrected chi connectivity index (χ0v) is 16.6. The van der Waals surface area contributed by atoms with Crippen molar-refractivity contribution in [3.63, 3.8) is 0 Å². The lowest BCUT2D eigenvalue weighted by molar-refractivity contribution is -0.114. The van der Waals surface area contributed by atoms with Crippen LogP contribution in [0, 0.1) is 13.8 Å². The highest BCUT2D eigenvalue weighted by molar-refractivity contribution is 7.99. The Balaban J connectivity index is 1.55. The van der Waals surface area contributed by atoms with Gasteiger partial charge in [-0.3, -0.25) is 9.59 Å². The van der Waals surface area contributed by atoms with Gasteiger partial charge in [0.25, 0.3) is 5.22 Å². The number of hydrogen-bond acceptors (Lipinski definition) is 6. The van der Waals surface area contributed by atoms with Crippen molar-refractivity contribution in [3.05, 3.63) is 53.6 Å². The number of carbonyl (C=O) groups excluding carboxylic acids is 2. The molecule has 2 aromatic carbocycles. The highest BCUT2D eigenvalue weighted by Gasteiger charge is 2.12. The van der Waals surface area contributed by atoms with Crippen LogP contribution in [0.15, 0.2) is 52.1 Å². The number of amides is 2. The van der Waals surface area contributed by atoms with Crippen molar-refractivity contribution in [1.82, 2.24) is 10.2 Å². The molecule has 0 aliphatic carbocycles. The normalized spacial score (nSPS) is 10.5. The first-order chi connectivity index (χ1) is 13.4. The molecule has 0 atom stereocenters. The maximum absolute atomic E-state index is 12.2. The molecule has 0 fully saturated rings. The molecule has 0 saturated heterocycles. The highest BCUT2D eigenvalue weighted by Crippen LogP contribution is 2.24. The van der Waals surface area contributed by atoms with Gasteiger partial charge in [-0.25, -0.2) is 0 Å². The summed E-state index contributed by atoms with van der Waals surface area (Å²) in [4.78, 5) is 23.3. The molecule has 0 bridgehead atoms. The van der Waals surface area contributed by atoms with Gasteiger partial charge in [-0.15, -0.1) is 10.2 Å². The summed E-state index contributed by atoms with van der Waals surface area (Å²) in [5.41, 5.74) is 4.22. The van der Waals surface area contributed by atoms with Crippen molar-refractivity contribution in [3.8, 4) is 11.5 Å². The first-order valence-corrected chi connectivity index (χ1v) is 9.61. The van der Waals surface area contributed by atoms with E-state index in [1.807, 2.05) is 38.1 Å². The molecule has 8 heteroatoms. The van der Waals surface area contributed by atoms with Gasteiger partial charge in [-0.1, -0.05) is 29.5 Å². The summed E-state index contributed by atoms with van der Waals surface area (Å²) in [6, 6.07) is 13.1. The number of aryl methyl sites for hydroxylation is 2. The van der Waals surface area contributed by atoms with Crippen LogP contribution in [-0.4, -0.2) is 27.8 Å². The number of anilines is 2. The van der Waals surface area contributed by atoms with E-state index < -0.39 is 0 Å². The molecule has 1 aromatic heterocycles. The van der Waals surface area contributed by atoms with Crippen LogP contribution >= 0.6 is 11.8 Å². The zero-order chi connectivity index (χ0) is 20.1. The minimum absolute atomic E-state index is 0.138. The molecule has 0 aliphatic heterocycles. The third-order valence-electron chi connectivity index (χ3n) is 3.85. The van der Waals surface area contributed by atoms with Gasteiger partial charge in [0.05, 0.1) is 5.75 Å². The van der Waals surface area contributed by atoms with E-state index >= 15 is 0 Å². The fraction of sp³-hybridized carbons (Fsp3) is 0.200. The summed E-state index contributed by atoms with van der Waals surface area (Å²) in [6.07, 6.45) is 0. The van der Waals surface area contributed by atoms with Gasteiger partial charge in [0.2, 0.25) is 17.7 Å². The first-order valence-electron chi connectivity index (χ1n) is 8.62. The fourth-order valence-electron chi connectivity index (χ4n) is 2.48. The summed E-state index contributed by atoms with van der Waals surface area (Å²) in [5, 5.41) is 13.9. The second kappa shape index (κ2) is 8.71. The molecule has 0 unspecified atom stereocenters. The average molecular weight is 396 g/mol. The molecule has 28 heavy (non-hydrogen) atoms. The number of rotatable bonds is 6. The van der Waals surface area contributed by atoms with Crippen LogP contribution < -0.4 is 10.6 Å². The van der Waals surface area contributed by atoms with Crippen molar-refractivity contribution in [2.75, 3.05) is 16.4 Å². The summed E-state index contributed by atoms with van der Waals surface area (Å²) >= 11 is 1.17. The van der Waals surface area contributed by atoms with Gasteiger partial charge in [0.1, 0.15) is 0 Å². The molecule has 3 aromatic rings. The van der Waals surface area contributed by atoms with Crippen LogP contribution in [0.1, 0.15) is 18.1 Å². The van der Waals surface area contributed by atoms with E-state index in [0.29, 0.717) is 16.8 Å². The number of carbonyl (C=O) groups is 2. The number of aromatic nitrogens is 2. The smallest absolute Gasteiger partial charge is 0.277 e. The Morgan fingerprint density at radius 2 is 1.79 bits per heavy atom. The Labute approximate surface area is 166 Å². The van der Waals surface area contributed by atoms with Crippen molar-refractivity contribution in [2.45, 2.75) is 26.0 Å². The second-order valence-corrected chi connectivity index (χ2v) is 7.21. The molecule has 1 heterocycles. The Bertz CT molecular complexity index is 999. The molecule has 3 rings (SSSR count). The van der Waals surface area contributed by atoms with E-state index in [2.05, 4.69) is 20.8 Å². The lowest BCUT2D eigenvalue weighted by atomic mass is 10.1. The average Bonchev–Trinajstić information content (AvgIpc) is 3.12. The van der Waals surface area contributed by atoms with Crippen molar-refractivity contribution < 1.29 is 14.0 Å². The van der Waals surface area contributed by atoms with Crippen LogP contribution in [0.5, 0.6) is 0 Å². The number of nitrogens with zero attached hydrogens (tertiary/aromatic N) is 2. The third-order valence-corrected chi connectivity index (χ3v) is 4.67. The van der Waals surface area contributed by atoms with Crippen LogP contribution in [0.25, 0.3) is 11.5 Å². The molecule has 0 saturated carbocycles. The Morgan fingerprint density at radius 3 is 2.46 bits per heavy atom. The lowest BCUT2D eigenvalue weighted by Crippen LogP contribution is -2.14. The molecular formula is C20H20N4O3S. The minimum atomic E-state index is -0.188. The van der Waals surface area contributed by atoms with Gasteiger partial charge < -0.3 is 15.1 Å². The molecule has 0 spiro atoms. The van der Waals surface area contributed by atoms with Gasteiger partial charge in [0.15, 0.2) is 0 Å². The SMILES string of the molecule is CC(=O)Nc1ccc(NC(=O)CSc2nnc(-c3ccc(C)cc3)o2)cc1C. The van der Waals surface area contributed by atoms with E-state index in [1.54, 1.807) is 18.2 Å². The van der Waals surface area contributed by atoms with Gasteiger partial charge >= 0.3 is 0 Å². The number of hydrogen-bond donors (Lipinski definition) is 2. The molecule has 0 radical (unpaired) electrons. The van der Waals surface area contributed by atoms with Crippen LogP contribution in [0.2, 0.25) is 0 Å². The minimum Gasteiger partial charge on any atom is -0.411 e. The molecular weight excluding hydrogens is 376 g/mol. The summed E-state index contributed by atoms with van der Waals surface area (Å²) in [6.45, 7) is 5.32. The van der Waals surface area contributed by atoms with Crippen molar-refractivity contribution in [1.29, 1.82) is 0 Å². The Hall–Kier alpha value is -3.13. The van der Waals surface area contributed by atoms with Crippen LogP contribution in [0.3, 0.4) is 0 Å². The molecule has 144 valence electrons.